The largest absolute Gasteiger partial charge is 0.484 e. The molecule has 0 atom stereocenters. The highest BCUT2D eigenvalue weighted by molar-refractivity contribution is 7.98. The van der Waals surface area contributed by atoms with Crippen molar-refractivity contribution < 1.29 is 22.7 Å². The third-order valence-electron chi connectivity index (χ3n) is 2.76. The van der Waals surface area contributed by atoms with E-state index in [9.17, 15) is 18.0 Å². The number of nitrogens with zero attached hydrogens (tertiary/aromatic N) is 1. The Morgan fingerprint density at radius 3 is 2.70 bits per heavy atom. The molecule has 23 heavy (non-hydrogen) atoms. The summed E-state index contributed by atoms with van der Waals surface area (Å²) in [4.78, 5) is 15.8. The Morgan fingerprint density at radius 1 is 1.30 bits per heavy atom. The van der Waals surface area contributed by atoms with E-state index in [-0.39, 0.29) is 5.75 Å². The zero-order valence-corrected chi connectivity index (χ0v) is 12.9. The molecule has 2 rings (SSSR count). The number of pyridine rings is 1. The average Bonchev–Trinajstić information content (AvgIpc) is 2.53. The van der Waals surface area contributed by atoms with Crippen molar-refractivity contribution in [1.29, 1.82) is 0 Å². The van der Waals surface area contributed by atoms with Gasteiger partial charge in [0.1, 0.15) is 5.75 Å². The monoisotopic (exact) mass is 342 g/mol. The van der Waals surface area contributed by atoms with E-state index in [1.54, 1.807) is 12.1 Å². The summed E-state index contributed by atoms with van der Waals surface area (Å²) in [5, 5.41) is 3.36. The van der Waals surface area contributed by atoms with Crippen LogP contribution in [0.15, 0.2) is 47.6 Å². The van der Waals surface area contributed by atoms with Crippen molar-refractivity contribution in [3.8, 4) is 5.75 Å². The molecule has 4 nitrogen and oxygen atoms in total. The highest BCUT2D eigenvalue weighted by Crippen LogP contribution is 2.31. The standard InChI is InChI=1S/C15H13F3N2O2S/c1-23-14-6-5-11(8-19-14)20-13(21)9-22-12-4-2-3-10(7-12)15(16,17)18/h2-8H,9H2,1H3,(H,20,21). The van der Waals surface area contributed by atoms with Crippen LogP contribution in [0.4, 0.5) is 18.9 Å². The van der Waals surface area contributed by atoms with Gasteiger partial charge in [0.2, 0.25) is 0 Å². The van der Waals surface area contributed by atoms with E-state index in [2.05, 4.69) is 10.3 Å². The quantitative estimate of drug-likeness (QED) is 0.839. The van der Waals surface area contributed by atoms with Crippen LogP contribution < -0.4 is 10.1 Å². The lowest BCUT2D eigenvalue weighted by Crippen LogP contribution is -2.20. The predicted octanol–water partition coefficient (Wildman–Crippen LogP) is 3.84. The van der Waals surface area contributed by atoms with Crippen molar-refractivity contribution in [3.63, 3.8) is 0 Å². The first kappa shape index (κ1) is 17.1. The number of anilines is 1. The van der Waals surface area contributed by atoms with Gasteiger partial charge in [-0.3, -0.25) is 4.79 Å². The summed E-state index contributed by atoms with van der Waals surface area (Å²) in [6.45, 7) is -0.397. The lowest BCUT2D eigenvalue weighted by molar-refractivity contribution is -0.137. The maximum absolute atomic E-state index is 12.6. The molecule has 1 heterocycles. The van der Waals surface area contributed by atoms with E-state index in [4.69, 9.17) is 4.74 Å². The van der Waals surface area contributed by atoms with Crippen LogP contribution in [-0.2, 0) is 11.0 Å². The average molecular weight is 342 g/mol. The number of halogens is 3. The summed E-state index contributed by atoms with van der Waals surface area (Å²) >= 11 is 1.47. The van der Waals surface area contributed by atoms with E-state index >= 15 is 0 Å². The number of alkyl halides is 3. The van der Waals surface area contributed by atoms with Crippen LogP contribution in [-0.4, -0.2) is 23.8 Å². The van der Waals surface area contributed by atoms with Gasteiger partial charge in [0.05, 0.1) is 22.5 Å². The summed E-state index contributed by atoms with van der Waals surface area (Å²) in [7, 11) is 0. The van der Waals surface area contributed by atoms with Gasteiger partial charge in [-0.1, -0.05) is 6.07 Å². The number of carbonyl (C=O) groups is 1. The van der Waals surface area contributed by atoms with Gasteiger partial charge in [0.15, 0.2) is 6.61 Å². The summed E-state index contributed by atoms with van der Waals surface area (Å²) in [5.41, 5.74) is -0.340. The highest BCUT2D eigenvalue weighted by atomic mass is 32.2. The molecule has 0 aliphatic carbocycles. The molecule has 122 valence electrons. The SMILES string of the molecule is CSc1ccc(NC(=O)COc2cccc(C(F)(F)F)c2)cn1. The molecule has 0 aliphatic rings. The van der Waals surface area contributed by atoms with Crippen LogP contribution in [0, 0.1) is 0 Å². The van der Waals surface area contributed by atoms with Gasteiger partial charge < -0.3 is 10.1 Å². The molecule has 1 aromatic heterocycles. The van der Waals surface area contributed by atoms with Crippen LogP contribution in [0.2, 0.25) is 0 Å². The van der Waals surface area contributed by atoms with Crippen molar-refractivity contribution in [1.82, 2.24) is 4.98 Å². The number of amides is 1. The van der Waals surface area contributed by atoms with Crippen LogP contribution >= 0.6 is 11.8 Å². The highest BCUT2D eigenvalue weighted by Gasteiger charge is 2.30. The van der Waals surface area contributed by atoms with Crippen LogP contribution in [0.1, 0.15) is 5.56 Å². The first-order valence-electron chi connectivity index (χ1n) is 6.48. The van der Waals surface area contributed by atoms with Crippen molar-refractivity contribution in [2.75, 3.05) is 18.2 Å². The maximum atomic E-state index is 12.6. The number of rotatable bonds is 5. The number of aromatic nitrogens is 1. The van der Waals surface area contributed by atoms with Crippen molar-refractivity contribution >= 4 is 23.4 Å². The summed E-state index contributed by atoms with van der Waals surface area (Å²) in [5.74, 6) is -0.507. The molecule has 0 radical (unpaired) electrons. The molecule has 1 amide bonds. The van der Waals surface area contributed by atoms with Gasteiger partial charge in [-0.15, -0.1) is 11.8 Å². The van der Waals surface area contributed by atoms with Crippen molar-refractivity contribution in [2.24, 2.45) is 0 Å². The summed E-state index contributed by atoms with van der Waals surface area (Å²) in [6, 6.07) is 7.79. The number of benzene rings is 1. The van der Waals surface area contributed by atoms with E-state index in [1.165, 1.54) is 30.1 Å². The summed E-state index contributed by atoms with van der Waals surface area (Å²) in [6.07, 6.45) is -1.08. The van der Waals surface area contributed by atoms with E-state index in [1.807, 2.05) is 6.26 Å². The molecule has 0 saturated carbocycles. The Hall–Kier alpha value is -2.22. The second-order valence-electron chi connectivity index (χ2n) is 4.45. The molecule has 0 fully saturated rings. The van der Waals surface area contributed by atoms with Crippen LogP contribution in [0.25, 0.3) is 0 Å². The van der Waals surface area contributed by atoms with Gasteiger partial charge in [-0.2, -0.15) is 13.2 Å². The maximum Gasteiger partial charge on any atom is 0.416 e. The minimum Gasteiger partial charge on any atom is -0.484 e. The topological polar surface area (TPSA) is 51.2 Å². The third kappa shape index (κ3) is 5.17. The lowest BCUT2D eigenvalue weighted by Gasteiger charge is -2.10. The Kier molecular flexibility index (Phi) is 5.49. The molecular formula is C15H13F3N2O2S. The van der Waals surface area contributed by atoms with Gasteiger partial charge in [0, 0.05) is 0 Å². The van der Waals surface area contributed by atoms with Gasteiger partial charge >= 0.3 is 6.18 Å². The third-order valence-corrected chi connectivity index (χ3v) is 3.42. The molecular weight excluding hydrogens is 329 g/mol. The smallest absolute Gasteiger partial charge is 0.416 e. The lowest BCUT2D eigenvalue weighted by atomic mass is 10.2. The molecule has 2 aromatic rings. The van der Waals surface area contributed by atoms with Gasteiger partial charge in [-0.05, 0) is 36.6 Å². The fourth-order valence-corrected chi connectivity index (χ4v) is 2.05. The fourth-order valence-electron chi connectivity index (χ4n) is 1.68. The van der Waals surface area contributed by atoms with Crippen molar-refractivity contribution in [2.45, 2.75) is 11.2 Å². The number of hydrogen-bond donors (Lipinski definition) is 1. The van der Waals surface area contributed by atoms with Crippen LogP contribution in [0.3, 0.4) is 0 Å². The zero-order valence-electron chi connectivity index (χ0n) is 12.1. The Labute approximate surface area is 135 Å². The van der Waals surface area contributed by atoms with E-state index in [0.29, 0.717) is 5.69 Å². The molecule has 0 spiro atoms. The Balaban J connectivity index is 1.91. The number of thioether (sulfide) groups is 1. The molecule has 0 saturated heterocycles. The number of hydrogen-bond acceptors (Lipinski definition) is 4. The first-order valence-corrected chi connectivity index (χ1v) is 7.71. The number of nitrogens with one attached hydrogen (secondary N) is 1. The Bertz CT molecular complexity index is 675. The minimum absolute atomic E-state index is 0.0224. The zero-order chi connectivity index (χ0) is 16.9. The molecule has 0 bridgehead atoms. The van der Waals surface area contributed by atoms with Gasteiger partial charge in [-0.25, -0.2) is 4.98 Å². The molecule has 0 unspecified atom stereocenters. The van der Waals surface area contributed by atoms with Crippen molar-refractivity contribution in [3.05, 3.63) is 48.2 Å². The van der Waals surface area contributed by atoms with Crippen LogP contribution in [0.5, 0.6) is 5.75 Å². The second-order valence-corrected chi connectivity index (χ2v) is 5.28. The molecule has 1 N–H and O–H groups in total. The molecule has 8 heteroatoms. The van der Waals surface area contributed by atoms with E-state index < -0.39 is 24.3 Å². The number of ether oxygens (including phenoxy) is 1. The summed E-state index contributed by atoms with van der Waals surface area (Å²) < 4.78 is 42.8. The van der Waals surface area contributed by atoms with Gasteiger partial charge in [0.25, 0.3) is 5.91 Å². The predicted molar refractivity (Wildman–Crippen MR) is 81.6 cm³/mol. The molecule has 0 aliphatic heterocycles. The number of carbonyl (C=O) groups excluding carboxylic acids is 1. The fraction of sp³-hybridized carbons (Fsp3) is 0.200. The van der Waals surface area contributed by atoms with E-state index in [0.717, 1.165) is 17.2 Å². The minimum atomic E-state index is -4.45. The normalized spacial score (nSPS) is 11.1. The second kappa shape index (κ2) is 7.36. The Morgan fingerprint density at radius 2 is 2.09 bits per heavy atom. The molecule has 1 aromatic carbocycles. The first-order chi connectivity index (χ1) is 10.9.